The first kappa shape index (κ1) is 20.3. The van der Waals surface area contributed by atoms with Crippen LogP contribution in [0.1, 0.15) is 12.2 Å². The molecule has 4 aromatic rings. The molecule has 2 aromatic carbocycles. The monoisotopic (exact) mass is 440 g/mol. The van der Waals surface area contributed by atoms with Crippen LogP contribution in [0.25, 0.3) is 22.3 Å². The second-order valence-electron chi connectivity index (χ2n) is 7.72. The van der Waals surface area contributed by atoms with Crippen molar-refractivity contribution in [1.29, 1.82) is 0 Å². The van der Waals surface area contributed by atoms with Gasteiger partial charge in [0.15, 0.2) is 5.65 Å². The van der Waals surface area contributed by atoms with Crippen molar-refractivity contribution in [1.82, 2.24) is 25.5 Å². The van der Waals surface area contributed by atoms with Gasteiger partial charge in [-0.25, -0.2) is 23.1 Å². The normalized spacial score (nSPS) is 17.7. The molecule has 0 unspecified atom stereocenters. The number of nitrogens with one attached hydrogen (secondary N) is 2. The number of nitrogens with zero attached hydrogens (tertiary/aromatic N) is 3. The van der Waals surface area contributed by atoms with Gasteiger partial charge in [0.2, 0.25) is 0 Å². The van der Waals surface area contributed by atoms with Crippen LogP contribution in [0.4, 0.5) is 19.0 Å². The number of halogens is 3. The first-order valence-corrected chi connectivity index (χ1v) is 10.0. The molecule has 0 radical (unpaired) electrons. The van der Waals surface area contributed by atoms with Crippen LogP contribution < -0.4 is 15.8 Å². The molecule has 3 heterocycles. The maximum absolute atomic E-state index is 14.9. The molecule has 5 rings (SSSR count). The molecule has 10 heteroatoms. The number of aromatic nitrogens is 4. The molecule has 0 aliphatic carbocycles. The Bertz CT molecular complexity index is 1280. The minimum Gasteiger partial charge on any atom is -0.457 e. The lowest BCUT2D eigenvalue weighted by atomic mass is 10.1. The van der Waals surface area contributed by atoms with Gasteiger partial charge in [0, 0.05) is 30.5 Å². The number of anilines is 1. The highest BCUT2D eigenvalue weighted by molar-refractivity contribution is 5.98. The summed E-state index contributed by atoms with van der Waals surface area (Å²) in [6.07, 6.45) is -0.0882. The van der Waals surface area contributed by atoms with E-state index in [-0.39, 0.29) is 36.5 Å². The molecule has 4 N–H and O–H groups in total. The number of rotatable bonds is 5. The van der Waals surface area contributed by atoms with Gasteiger partial charge in [-0.05, 0) is 24.3 Å². The number of hydrogen-bond acceptors (Lipinski definition) is 6. The Morgan fingerprint density at radius 1 is 1.09 bits per heavy atom. The molecule has 1 fully saturated rings. The van der Waals surface area contributed by atoms with Crippen molar-refractivity contribution in [2.24, 2.45) is 0 Å². The number of benzene rings is 2. The molecule has 2 aromatic heterocycles. The van der Waals surface area contributed by atoms with Gasteiger partial charge in [0.25, 0.3) is 5.92 Å². The van der Waals surface area contributed by atoms with Gasteiger partial charge in [-0.2, -0.15) is 5.10 Å². The molecule has 0 amide bonds. The maximum atomic E-state index is 14.9. The molecular weight excluding hydrogens is 421 g/mol. The lowest BCUT2D eigenvalue weighted by molar-refractivity contribution is 0.0210. The van der Waals surface area contributed by atoms with Gasteiger partial charge in [0.1, 0.15) is 34.7 Å². The molecule has 164 valence electrons. The first-order valence-electron chi connectivity index (χ1n) is 10.0. The summed E-state index contributed by atoms with van der Waals surface area (Å²) in [5.41, 5.74) is 6.91. The third-order valence-corrected chi connectivity index (χ3v) is 5.29. The van der Waals surface area contributed by atoms with Crippen molar-refractivity contribution < 1.29 is 17.9 Å². The van der Waals surface area contributed by atoms with Gasteiger partial charge >= 0.3 is 0 Å². The fraction of sp³-hybridized carbons (Fsp3) is 0.227. The largest absolute Gasteiger partial charge is 0.457 e. The number of nitrogen functional groups attached to an aromatic ring is 1. The van der Waals surface area contributed by atoms with Crippen LogP contribution in [0.2, 0.25) is 0 Å². The van der Waals surface area contributed by atoms with Gasteiger partial charge in [0.05, 0.1) is 11.9 Å². The van der Waals surface area contributed by atoms with Crippen LogP contribution in [-0.2, 0) is 6.42 Å². The van der Waals surface area contributed by atoms with Crippen LogP contribution >= 0.6 is 0 Å². The number of nitrogens with two attached hydrogens (primary N) is 1. The quantitative estimate of drug-likeness (QED) is 0.432. The second kappa shape index (κ2) is 7.79. The van der Waals surface area contributed by atoms with Crippen LogP contribution in [-0.4, -0.2) is 38.7 Å². The fourth-order valence-corrected chi connectivity index (χ4v) is 3.83. The summed E-state index contributed by atoms with van der Waals surface area (Å²) in [4.78, 5) is 8.60. The molecule has 0 bridgehead atoms. The standard InChI is InChI=1S/C22H19F3N6O/c23-16-9-14(32-13-4-2-1-3-5-13)6-7-15(16)19-18-20(26)28-17(29-21(18)31-30-19)8-12-10-22(24,25)11-27-12/h1-7,9,12,27H,8,10-11H2,(H3,26,28,29,30,31)/t12-/m0/s1. The van der Waals surface area contributed by atoms with E-state index in [0.717, 1.165) is 0 Å². The molecule has 1 saturated heterocycles. The van der Waals surface area contributed by atoms with Gasteiger partial charge in [-0.15, -0.1) is 0 Å². The number of ether oxygens (including phenoxy) is 1. The lowest BCUT2D eigenvalue weighted by Crippen LogP contribution is -2.25. The third-order valence-electron chi connectivity index (χ3n) is 5.29. The highest BCUT2D eigenvalue weighted by Gasteiger charge is 2.39. The Labute approximate surface area is 180 Å². The predicted octanol–water partition coefficient (Wildman–Crippen LogP) is 4.07. The molecule has 7 nitrogen and oxygen atoms in total. The van der Waals surface area contributed by atoms with E-state index in [1.54, 1.807) is 24.3 Å². The fourth-order valence-electron chi connectivity index (χ4n) is 3.83. The molecule has 1 atom stereocenters. The van der Waals surface area contributed by atoms with Crippen molar-refractivity contribution >= 4 is 16.9 Å². The van der Waals surface area contributed by atoms with Crippen LogP contribution in [0.3, 0.4) is 0 Å². The minimum atomic E-state index is -2.74. The second-order valence-corrected chi connectivity index (χ2v) is 7.72. The summed E-state index contributed by atoms with van der Waals surface area (Å²) >= 11 is 0. The Kier molecular flexibility index (Phi) is 4.93. The molecule has 0 spiro atoms. The predicted molar refractivity (Wildman–Crippen MR) is 113 cm³/mol. The third kappa shape index (κ3) is 3.96. The van der Waals surface area contributed by atoms with Crippen molar-refractivity contribution in [2.75, 3.05) is 12.3 Å². The van der Waals surface area contributed by atoms with E-state index in [1.807, 2.05) is 18.2 Å². The lowest BCUT2D eigenvalue weighted by Gasteiger charge is -2.10. The van der Waals surface area contributed by atoms with E-state index in [4.69, 9.17) is 10.5 Å². The van der Waals surface area contributed by atoms with Gasteiger partial charge < -0.3 is 15.8 Å². The van der Waals surface area contributed by atoms with E-state index in [2.05, 4.69) is 25.5 Å². The number of aromatic amines is 1. The molecular formula is C22H19F3N6O. The summed E-state index contributed by atoms with van der Waals surface area (Å²) < 4.78 is 47.4. The summed E-state index contributed by atoms with van der Waals surface area (Å²) in [5.74, 6) is -1.95. The minimum absolute atomic E-state index is 0.0996. The van der Waals surface area contributed by atoms with Crippen LogP contribution in [0, 0.1) is 5.82 Å². The summed E-state index contributed by atoms with van der Waals surface area (Å²) in [7, 11) is 0. The Morgan fingerprint density at radius 2 is 1.91 bits per heavy atom. The first-order chi connectivity index (χ1) is 15.4. The number of H-pyrrole nitrogens is 1. The zero-order valence-electron chi connectivity index (χ0n) is 16.8. The topological polar surface area (TPSA) is 102 Å². The van der Waals surface area contributed by atoms with Crippen molar-refractivity contribution in [2.45, 2.75) is 24.8 Å². The van der Waals surface area contributed by atoms with Crippen LogP contribution in [0.15, 0.2) is 48.5 Å². The number of para-hydroxylation sites is 1. The van der Waals surface area contributed by atoms with Crippen molar-refractivity contribution in [3.8, 4) is 22.8 Å². The van der Waals surface area contributed by atoms with E-state index < -0.39 is 17.8 Å². The smallest absolute Gasteiger partial charge is 0.261 e. The summed E-state index contributed by atoms with van der Waals surface area (Å²) in [6, 6.07) is 13.0. The van der Waals surface area contributed by atoms with Crippen LogP contribution in [0.5, 0.6) is 11.5 Å². The van der Waals surface area contributed by atoms with Gasteiger partial charge in [-0.1, -0.05) is 18.2 Å². The van der Waals surface area contributed by atoms with E-state index >= 15 is 0 Å². The van der Waals surface area contributed by atoms with E-state index in [0.29, 0.717) is 28.4 Å². The zero-order valence-corrected chi connectivity index (χ0v) is 16.8. The number of hydrogen-bond donors (Lipinski definition) is 3. The summed E-state index contributed by atoms with van der Waals surface area (Å²) in [5, 5.41) is 10.1. The highest BCUT2D eigenvalue weighted by atomic mass is 19.3. The average Bonchev–Trinajstić information content (AvgIpc) is 3.32. The SMILES string of the molecule is Nc1nc(C[C@H]2CC(F)(F)CN2)nc2[nH]nc(-c3ccc(Oc4ccccc4)cc3F)c12. The van der Waals surface area contributed by atoms with E-state index in [9.17, 15) is 13.2 Å². The zero-order chi connectivity index (χ0) is 22.3. The molecule has 1 aliphatic rings. The Morgan fingerprint density at radius 3 is 2.62 bits per heavy atom. The number of fused-ring (bicyclic) bond motifs is 1. The molecule has 1 aliphatic heterocycles. The number of alkyl halides is 2. The average molecular weight is 440 g/mol. The molecule has 32 heavy (non-hydrogen) atoms. The summed E-state index contributed by atoms with van der Waals surface area (Å²) in [6.45, 7) is -0.368. The van der Waals surface area contributed by atoms with Crippen molar-refractivity contribution in [3.63, 3.8) is 0 Å². The highest BCUT2D eigenvalue weighted by Crippen LogP contribution is 2.34. The molecule has 0 saturated carbocycles. The maximum Gasteiger partial charge on any atom is 0.261 e. The van der Waals surface area contributed by atoms with Gasteiger partial charge in [-0.3, -0.25) is 5.10 Å². The van der Waals surface area contributed by atoms with Crippen molar-refractivity contribution in [3.05, 3.63) is 60.2 Å². The van der Waals surface area contributed by atoms with E-state index in [1.165, 1.54) is 6.07 Å². The Balaban J connectivity index is 1.42. The Hall–Kier alpha value is -3.66.